The average Bonchev–Trinajstić information content (AvgIpc) is 2.99. The predicted molar refractivity (Wildman–Crippen MR) is 138 cm³/mol. The summed E-state index contributed by atoms with van der Waals surface area (Å²) in [5.74, 6) is -0.703. The van der Waals surface area contributed by atoms with Crippen LogP contribution < -0.4 is 9.64 Å². The smallest absolute Gasteiger partial charge is 0.341 e. The van der Waals surface area contributed by atoms with Gasteiger partial charge in [-0.15, -0.1) is 0 Å². The van der Waals surface area contributed by atoms with Crippen LogP contribution in [-0.2, 0) is 9.53 Å². The monoisotopic (exact) mass is 495 g/mol. The molecule has 2 aromatic rings. The first kappa shape index (κ1) is 25.9. The minimum absolute atomic E-state index is 0.000792. The second-order valence-corrected chi connectivity index (χ2v) is 10.1. The minimum atomic E-state index is -0.807. The van der Waals surface area contributed by atoms with E-state index in [1.54, 1.807) is 26.2 Å². The number of phenolic OH excluding ortho intramolecular Hbond substituents is 1. The first-order chi connectivity index (χ1) is 17.4. The lowest BCUT2D eigenvalue weighted by molar-refractivity contribution is -0.137. The number of benzene rings is 2. The van der Waals surface area contributed by atoms with Gasteiger partial charge in [0.1, 0.15) is 17.1 Å². The van der Waals surface area contributed by atoms with Crippen LogP contribution in [0.3, 0.4) is 0 Å². The fraction of sp³-hybridized carbons (Fsp3) is 0.517. The standard InChI is InChI=1S/C29H37NO6/c1-3-36-28(34)24-14-10-21(18-25(24)31)30-22(11-15-26(32)33)19-29(16-6-4-5-7-17-29)27(30)20-8-12-23(35-2)13-9-20/h8-10,12-14,18,22,27,31H,3-7,11,15-17,19H2,1-2H3,(H,32,33). The zero-order valence-electron chi connectivity index (χ0n) is 21.2. The van der Waals surface area contributed by atoms with Gasteiger partial charge < -0.3 is 24.6 Å². The number of carboxylic acid groups (broad SMARTS) is 1. The molecule has 0 aromatic heterocycles. The molecule has 0 bridgehead atoms. The highest BCUT2D eigenvalue weighted by Crippen LogP contribution is 2.59. The molecule has 2 unspecified atom stereocenters. The highest BCUT2D eigenvalue weighted by atomic mass is 16.5. The highest BCUT2D eigenvalue weighted by Gasteiger charge is 2.52. The summed E-state index contributed by atoms with van der Waals surface area (Å²) in [5.41, 5.74) is 2.08. The van der Waals surface area contributed by atoms with E-state index in [2.05, 4.69) is 17.0 Å². The topological polar surface area (TPSA) is 96.3 Å². The van der Waals surface area contributed by atoms with E-state index in [1.165, 1.54) is 12.8 Å². The summed E-state index contributed by atoms with van der Waals surface area (Å²) < 4.78 is 10.5. The van der Waals surface area contributed by atoms with Crippen molar-refractivity contribution in [2.45, 2.75) is 76.8 Å². The van der Waals surface area contributed by atoms with Gasteiger partial charge in [-0.2, -0.15) is 0 Å². The molecular weight excluding hydrogens is 458 g/mol. The number of carboxylic acids is 1. The van der Waals surface area contributed by atoms with Crippen LogP contribution in [0, 0.1) is 5.41 Å². The molecule has 1 saturated heterocycles. The van der Waals surface area contributed by atoms with Crippen LogP contribution in [0.5, 0.6) is 11.5 Å². The SMILES string of the molecule is CCOC(=O)c1ccc(N2C(CCC(=O)O)CC3(CCCCCC3)C2c2ccc(OC)cc2)cc1O. The van der Waals surface area contributed by atoms with Gasteiger partial charge in [0.25, 0.3) is 0 Å². The van der Waals surface area contributed by atoms with E-state index in [4.69, 9.17) is 9.47 Å². The Balaban J connectivity index is 1.81. The molecule has 194 valence electrons. The minimum Gasteiger partial charge on any atom is -0.507 e. The third kappa shape index (κ3) is 5.30. The Labute approximate surface area is 213 Å². The van der Waals surface area contributed by atoms with Crippen LogP contribution >= 0.6 is 0 Å². The van der Waals surface area contributed by atoms with E-state index >= 15 is 0 Å². The first-order valence-electron chi connectivity index (χ1n) is 13.0. The van der Waals surface area contributed by atoms with Crippen molar-refractivity contribution in [3.8, 4) is 11.5 Å². The molecular formula is C29H37NO6. The zero-order chi connectivity index (χ0) is 25.7. The molecule has 2 aromatic carbocycles. The molecule has 4 rings (SSSR count). The van der Waals surface area contributed by atoms with Crippen LogP contribution in [0.15, 0.2) is 42.5 Å². The number of anilines is 1. The van der Waals surface area contributed by atoms with Gasteiger partial charge in [0, 0.05) is 24.2 Å². The molecule has 1 saturated carbocycles. The second-order valence-electron chi connectivity index (χ2n) is 10.1. The summed E-state index contributed by atoms with van der Waals surface area (Å²) >= 11 is 0. The van der Waals surface area contributed by atoms with E-state index in [1.807, 2.05) is 18.2 Å². The van der Waals surface area contributed by atoms with Crippen molar-refractivity contribution >= 4 is 17.6 Å². The number of ether oxygens (including phenoxy) is 2. The van der Waals surface area contributed by atoms with E-state index in [9.17, 15) is 19.8 Å². The van der Waals surface area contributed by atoms with Crippen molar-refractivity contribution in [2.75, 3.05) is 18.6 Å². The lowest BCUT2D eigenvalue weighted by Gasteiger charge is -2.40. The van der Waals surface area contributed by atoms with Crippen molar-refractivity contribution in [3.63, 3.8) is 0 Å². The van der Waals surface area contributed by atoms with Crippen LogP contribution in [-0.4, -0.2) is 41.9 Å². The molecule has 2 fully saturated rings. The summed E-state index contributed by atoms with van der Waals surface area (Å²) in [5, 5.41) is 20.3. The number of carbonyl (C=O) groups is 2. The summed E-state index contributed by atoms with van der Waals surface area (Å²) in [6.07, 6.45) is 8.39. The maximum Gasteiger partial charge on any atom is 0.341 e. The quantitative estimate of drug-likeness (QED) is 0.427. The van der Waals surface area contributed by atoms with E-state index in [0.29, 0.717) is 6.42 Å². The Morgan fingerprint density at radius 1 is 1.06 bits per heavy atom. The second kappa shape index (κ2) is 11.2. The Morgan fingerprint density at radius 2 is 1.75 bits per heavy atom. The van der Waals surface area contributed by atoms with E-state index in [0.717, 1.165) is 49.1 Å². The number of aliphatic carboxylic acids is 1. The first-order valence-corrected chi connectivity index (χ1v) is 13.0. The third-order valence-electron chi connectivity index (χ3n) is 7.89. The predicted octanol–water partition coefficient (Wildman–Crippen LogP) is 6.10. The van der Waals surface area contributed by atoms with Crippen molar-refractivity contribution in [2.24, 2.45) is 5.41 Å². The van der Waals surface area contributed by atoms with Gasteiger partial charge >= 0.3 is 11.9 Å². The lowest BCUT2D eigenvalue weighted by atomic mass is 9.71. The Hall–Kier alpha value is -3.22. The zero-order valence-corrected chi connectivity index (χ0v) is 21.2. The van der Waals surface area contributed by atoms with Gasteiger partial charge in [0.05, 0.1) is 19.8 Å². The van der Waals surface area contributed by atoms with Gasteiger partial charge in [-0.3, -0.25) is 4.79 Å². The van der Waals surface area contributed by atoms with Crippen LogP contribution in [0.25, 0.3) is 0 Å². The van der Waals surface area contributed by atoms with Crippen molar-refractivity contribution in [1.82, 2.24) is 0 Å². The van der Waals surface area contributed by atoms with Gasteiger partial charge in [-0.25, -0.2) is 4.79 Å². The van der Waals surface area contributed by atoms with Gasteiger partial charge in [-0.1, -0.05) is 37.8 Å². The number of rotatable bonds is 8. The molecule has 0 radical (unpaired) electrons. The van der Waals surface area contributed by atoms with Crippen LogP contribution in [0.1, 0.15) is 86.7 Å². The summed E-state index contributed by atoms with van der Waals surface area (Å²) in [4.78, 5) is 26.2. The number of esters is 1. The number of phenols is 1. The molecule has 2 N–H and O–H groups in total. The average molecular weight is 496 g/mol. The van der Waals surface area contributed by atoms with Crippen molar-refractivity contribution < 1.29 is 29.3 Å². The summed E-state index contributed by atoms with van der Waals surface area (Å²) in [6, 6.07) is 13.3. The van der Waals surface area contributed by atoms with E-state index in [-0.39, 0.29) is 41.8 Å². The Bertz CT molecular complexity index is 1060. The molecule has 0 amide bonds. The fourth-order valence-corrected chi connectivity index (χ4v) is 6.35. The van der Waals surface area contributed by atoms with Gasteiger partial charge in [0.2, 0.25) is 0 Å². The Kier molecular flexibility index (Phi) is 8.07. The number of aromatic hydroxyl groups is 1. The number of hydrogen-bond acceptors (Lipinski definition) is 6. The Morgan fingerprint density at radius 3 is 2.33 bits per heavy atom. The maximum absolute atomic E-state index is 12.3. The third-order valence-corrected chi connectivity index (χ3v) is 7.89. The number of carbonyl (C=O) groups excluding carboxylic acids is 1. The van der Waals surface area contributed by atoms with Crippen molar-refractivity contribution in [3.05, 3.63) is 53.6 Å². The lowest BCUT2D eigenvalue weighted by Crippen LogP contribution is -2.35. The van der Waals surface area contributed by atoms with E-state index < -0.39 is 11.9 Å². The number of nitrogens with zero attached hydrogens (tertiary/aromatic N) is 1. The molecule has 1 spiro atoms. The highest BCUT2D eigenvalue weighted by molar-refractivity contribution is 5.93. The summed E-state index contributed by atoms with van der Waals surface area (Å²) in [6.45, 7) is 1.96. The number of methoxy groups -OCH3 is 1. The molecule has 1 heterocycles. The molecule has 36 heavy (non-hydrogen) atoms. The summed E-state index contributed by atoms with van der Waals surface area (Å²) in [7, 11) is 1.65. The van der Waals surface area contributed by atoms with Gasteiger partial charge in [-0.05, 0) is 67.9 Å². The van der Waals surface area contributed by atoms with Crippen LogP contribution in [0.4, 0.5) is 5.69 Å². The van der Waals surface area contributed by atoms with Crippen LogP contribution in [0.2, 0.25) is 0 Å². The molecule has 2 aliphatic rings. The fourth-order valence-electron chi connectivity index (χ4n) is 6.35. The maximum atomic E-state index is 12.3. The molecule has 1 aliphatic carbocycles. The number of hydrogen-bond donors (Lipinski definition) is 2. The molecule has 7 nitrogen and oxygen atoms in total. The van der Waals surface area contributed by atoms with Gasteiger partial charge in [0.15, 0.2) is 0 Å². The molecule has 7 heteroatoms. The normalized spacial score (nSPS) is 21.2. The largest absolute Gasteiger partial charge is 0.507 e. The molecule has 2 atom stereocenters. The van der Waals surface area contributed by atoms with Crippen molar-refractivity contribution in [1.29, 1.82) is 0 Å². The molecule has 1 aliphatic heterocycles.